The number of non-ortho nitro benzene ring substituents is 1. The number of nitrogen functional groups attached to an aromatic ring is 1. The van der Waals surface area contributed by atoms with E-state index in [4.69, 9.17) is 20.4 Å². The predicted molar refractivity (Wildman–Crippen MR) is 141 cm³/mol. The SMILES string of the molecule is CC.I.Nc1ccc(-c2nc(-c3ccc([N+](=O)[O-])cc3)cc(N3CC4CCC(C3)O4)n2)cc1. The molecule has 0 amide bonds. The van der Waals surface area contributed by atoms with Gasteiger partial charge in [-0.3, -0.25) is 10.1 Å². The van der Waals surface area contributed by atoms with Crippen molar-refractivity contribution in [1.82, 2.24) is 9.97 Å². The van der Waals surface area contributed by atoms with E-state index in [9.17, 15) is 10.1 Å². The number of nitro groups is 1. The third-order valence-electron chi connectivity index (χ3n) is 5.62. The van der Waals surface area contributed by atoms with Crippen LogP contribution in [0.25, 0.3) is 22.6 Å². The smallest absolute Gasteiger partial charge is 0.269 e. The van der Waals surface area contributed by atoms with E-state index in [1.807, 2.05) is 44.2 Å². The number of ether oxygens (including phenoxy) is 1. The minimum Gasteiger partial charge on any atom is -0.399 e. The number of morpholine rings is 1. The number of benzene rings is 2. The molecular weight excluding hydrogens is 533 g/mol. The lowest BCUT2D eigenvalue weighted by atomic mass is 10.1. The Bertz CT molecular complexity index is 1080. The van der Waals surface area contributed by atoms with Crippen molar-refractivity contribution < 1.29 is 9.66 Å². The topological polar surface area (TPSA) is 107 Å². The Morgan fingerprint density at radius 2 is 1.55 bits per heavy atom. The second-order valence-corrected chi connectivity index (χ2v) is 7.72. The molecule has 2 unspecified atom stereocenters. The van der Waals surface area contributed by atoms with Crippen molar-refractivity contribution in [3.05, 3.63) is 64.7 Å². The van der Waals surface area contributed by atoms with Gasteiger partial charge in [0.2, 0.25) is 0 Å². The summed E-state index contributed by atoms with van der Waals surface area (Å²) >= 11 is 0. The standard InChI is InChI=1S/C22H21N5O3.C2H6.HI/c23-16-5-1-15(2-6-16)22-24-20(14-3-7-17(8-4-14)27(28)29)11-21(25-22)26-12-18-9-10-19(13-26)30-18;1-2;/h1-8,11,18-19H,9-10,12-13,23H2;1-2H3;1H. The van der Waals surface area contributed by atoms with Crippen molar-refractivity contribution in [2.75, 3.05) is 23.7 Å². The van der Waals surface area contributed by atoms with Crippen LogP contribution in [0.5, 0.6) is 0 Å². The zero-order chi connectivity index (χ0) is 22.7. The summed E-state index contributed by atoms with van der Waals surface area (Å²) in [6.45, 7) is 5.60. The van der Waals surface area contributed by atoms with E-state index in [0.717, 1.165) is 48.6 Å². The highest BCUT2D eigenvalue weighted by Crippen LogP contribution is 2.32. The molecule has 2 fully saturated rings. The molecule has 5 rings (SSSR count). The normalized spacial score (nSPS) is 18.7. The van der Waals surface area contributed by atoms with Gasteiger partial charge in [0.05, 0.1) is 22.8 Å². The van der Waals surface area contributed by atoms with E-state index in [2.05, 4.69) is 4.90 Å². The van der Waals surface area contributed by atoms with Gasteiger partial charge in [0.1, 0.15) is 5.82 Å². The lowest BCUT2D eigenvalue weighted by Gasteiger charge is -2.33. The Kier molecular flexibility index (Phi) is 8.20. The second kappa shape index (κ2) is 10.9. The molecule has 0 saturated carbocycles. The molecule has 3 heterocycles. The third-order valence-corrected chi connectivity index (χ3v) is 5.62. The van der Waals surface area contributed by atoms with Crippen LogP contribution in [0.1, 0.15) is 26.7 Å². The molecule has 8 nitrogen and oxygen atoms in total. The molecule has 2 saturated heterocycles. The summed E-state index contributed by atoms with van der Waals surface area (Å²) in [5.41, 5.74) is 8.95. The molecule has 33 heavy (non-hydrogen) atoms. The van der Waals surface area contributed by atoms with Crippen molar-refractivity contribution in [2.45, 2.75) is 38.9 Å². The fraction of sp³-hybridized carbons (Fsp3) is 0.333. The molecule has 174 valence electrons. The quantitative estimate of drug-likeness (QED) is 0.199. The number of halogens is 1. The van der Waals surface area contributed by atoms with Gasteiger partial charge in [-0.25, -0.2) is 9.97 Å². The Morgan fingerprint density at radius 1 is 0.970 bits per heavy atom. The molecule has 1 aromatic heterocycles. The summed E-state index contributed by atoms with van der Waals surface area (Å²) < 4.78 is 5.96. The van der Waals surface area contributed by atoms with E-state index >= 15 is 0 Å². The number of nitrogens with zero attached hydrogens (tertiary/aromatic N) is 4. The predicted octanol–water partition coefficient (Wildman–Crippen LogP) is 5.31. The number of fused-ring (bicyclic) bond motifs is 2. The van der Waals surface area contributed by atoms with Crippen molar-refractivity contribution >= 4 is 41.2 Å². The van der Waals surface area contributed by atoms with Crippen molar-refractivity contribution in [3.63, 3.8) is 0 Å². The average molecular weight is 561 g/mol. The number of anilines is 2. The maximum Gasteiger partial charge on any atom is 0.269 e. The highest BCUT2D eigenvalue weighted by atomic mass is 127. The van der Waals surface area contributed by atoms with Crippen LogP contribution in [0.3, 0.4) is 0 Å². The Morgan fingerprint density at radius 3 is 2.12 bits per heavy atom. The van der Waals surface area contributed by atoms with Crippen LogP contribution in [0.15, 0.2) is 54.6 Å². The zero-order valence-corrected chi connectivity index (χ0v) is 21.0. The first-order chi connectivity index (χ1) is 15.5. The first-order valence-electron chi connectivity index (χ1n) is 11.0. The third kappa shape index (κ3) is 5.59. The first kappa shape index (κ1) is 24.8. The van der Waals surface area contributed by atoms with Gasteiger partial charge in [-0.05, 0) is 49.2 Å². The minimum absolute atomic E-state index is 0. The maximum atomic E-state index is 11.0. The van der Waals surface area contributed by atoms with Gasteiger partial charge in [0, 0.05) is 48.1 Å². The fourth-order valence-electron chi connectivity index (χ4n) is 4.06. The van der Waals surface area contributed by atoms with E-state index in [-0.39, 0.29) is 41.9 Å². The second-order valence-electron chi connectivity index (χ2n) is 7.72. The van der Waals surface area contributed by atoms with Gasteiger partial charge in [-0.2, -0.15) is 0 Å². The number of nitrogens with two attached hydrogens (primary N) is 1. The van der Waals surface area contributed by atoms with Gasteiger partial charge >= 0.3 is 0 Å². The van der Waals surface area contributed by atoms with E-state index in [1.165, 1.54) is 12.1 Å². The molecule has 9 heteroatoms. The van der Waals surface area contributed by atoms with Crippen LogP contribution in [0.2, 0.25) is 0 Å². The number of rotatable bonds is 4. The van der Waals surface area contributed by atoms with Crippen LogP contribution >= 0.6 is 24.0 Å². The average Bonchev–Trinajstić information content (AvgIpc) is 3.17. The summed E-state index contributed by atoms with van der Waals surface area (Å²) in [5.74, 6) is 1.44. The zero-order valence-electron chi connectivity index (χ0n) is 18.7. The summed E-state index contributed by atoms with van der Waals surface area (Å²) in [4.78, 5) is 22.4. The van der Waals surface area contributed by atoms with Crippen LogP contribution in [0.4, 0.5) is 17.2 Å². The Balaban J connectivity index is 0.000000994. The maximum absolute atomic E-state index is 11.0. The minimum atomic E-state index is -0.404. The molecular formula is C24H28IN5O3. The number of nitro benzene ring substituents is 1. The molecule has 2 N–H and O–H groups in total. The summed E-state index contributed by atoms with van der Waals surface area (Å²) in [6, 6.07) is 15.8. The van der Waals surface area contributed by atoms with Crippen LogP contribution in [-0.2, 0) is 4.74 Å². The first-order valence-corrected chi connectivity index (χ1v) is 11.0. The van der Waals surface area contributed by atoms with E-state index in [0.29, 0.717) is 11.5 Å². The van der Waals surface area contributed by atoms with Gasteiger partial charge in [-0.15, -0.1) is 24.0 Å². The van der Waals surface area contributed by atoms with Crippen LogP contribution < -0.4 is 10.6 Å². The lowest BCUT2D eigenvalue weighted by Crippen LogP contribution is -2.43. The van der Waals surface area contributed by atoms with Gasteiger partial charge in [0.15, 0.2) is 5.82 Å². The highest BCUT2D eigenvalue weighted by molar-refractivity contribution is 14.0. The van der Waals surface area contributed by atoms with E-state index < -0.39 is 4.92 Å². The molecule has 2 aliphatic rings. The lowest BCUT2D eigenvalue weighted by molar-refractivity contribution is -0.384. The van der Waals surface area contributed by atoms with Gasteiger partial charge < -0.3 is 15.4 Å². The van der Waals surface area contributed by atoms with Crippen LogP contribution in [0, 0.1) is 10.1 Å². The number of hydrogen-bond donors (Lipinski definition) is 1. The molecule has 0 radical (unpaired) electrons. The molecule has 2 atom stereocenters. The molecule has 2 bridgehead atoms. The molecule has 2 aliphatic heterocycles. The summed E-state index contributed by atoms with van der Waals surface area (Å²) in [7, 11) is 0. The summed E-state index contributed by atoms with van der Waals surface area (Å²) in [6.07, 6.45) is 2.63. The fourth-order valence-corrected chi connectivity index (χ4v) is 4.06. The van der Waals surface area contributed by atoms with Crippen molar-refractivity contribution in [1.29, 1.82) is 0 Å². The molecule has 2 aromatic carbocycles. The molecule has 0 spiro atoms. The van der Waals surface area contributed by atoms with Gasteiger partial charge in [0.25, 0.3) is 5.69 Å². The van der Waals surface area contributed by atoms with Crippen molar-refractivity contribution in [2.24, 2.45) is 0 Å². The largest absolute Gasteiger partial charge is 0.399 e. The Hall–Kier alpha value is -2.79. The van der Waals surface area contributed by atoms with Crippen LogP contribution in [-0.4, -0.2) is 40.2 Å². The Labute approximate surface area is 210 Å². The summed E-state index contributed by atoms with van der Waals surface area (Å²) in [5, 5.41) is 11.0. The number of aromatic nitrogens is 2. The number of hydrogen-bond acceptors (Lipinski definition) is 7. The molecule has 0 aliphatic carbocycles. The molecule has 3 aromatic rings. The monoisotopic (exact) mass is 561 g/mol. The highest BCUT2D eigenvalue weighted by Gasteiger charge is 2.34. The van der Waals surface area contributed by atoms with Crippen molar-refractivity contribution in [3.8, 4) is 22.6 Å². The van der Waals surface area contributed by atoms with E-state index in [1.54, 1.807) is 12.1 Å². The van der Waals surface area contributed by atoms with Gasteiger partial charge in [-0.1, -0.05) is 13.8 Å².